The molecule has 120 valence electrons. The van der Waals surface area contributed by atoms with Crippen LogP contribution in [0.4, 0.5) is 0 Å². The molecule has 2 rings (SSSR count). The van der Waals surface area contributed by atoms with Crippen molar-refractivity contribution in [3.63, 3.8) is 0 Å². The number of aryl methyl sites for hydroxylation is 1. The van der Waals surface area contributed by atoms with E-state index >= 15 is 0 Å². The minimum atomic E-state index is -0.935. The molecule has 0 aromatic heterocycles. The molecule has 1 saturated carbocycles. The third-order valence-corrected chi connectivity index (χ3v) is 3.93. The van der Waals surface area contributed by atoms with E-state index in [4.69, 9.17) is 9.84 Å². The summed E-state index contributed by atoms with van der Waals surface area (Å²) in [6.45, 7) is 0. The summed E-state index contributed by atoms with van der Waals surface area (Å²) in [5.41, 5.74) is 1.14. The number of hydrogen-bond acceptors (Lipinski definition) is 3. The van der Waals surface area contributed by atoms with Crippen LogP contribution in [0.2, 0.25) is 0 Å². The van der Waals surface area contributed by atoms with Gasteiger partial charge in [0.05, 0.1) is 7.11 Å². The summed E-state index contributed by atoms with van der Waals surface area (Å²) >= 11 is 0. The fourth-order valence-corrected chi connectivity index (χ4v) is 2.42. The van der Waals surface area contributed by atoms with Gasteiger partial charge in [-0.05, 0) is 42.9 Å². The zero-order valence-corrected chi connectivity index (χ0v) is 12.9. The Balaban J connectivity index is 1.70. The number of nitrogens with one attached hydrogen (secondary N) is 1. The summed E-state index contributed by atoms with van der Waals surface area (Å²) < 4.78 is 5.10. The normalized spacial score (nSPS) is 15.1. The first-order valence-corrected chi connectivity index (χ1v) is 7.73. The van der Waals surface area contributed by atoms with Crippen LogP contribution >= 0.6 is 0 Å². The molecule has 1 aromatic rings. The minimum absolute atomic E-state index is 0.179. The van der Waals surface area contributed by atoms with Crippen molar-refractivity contribution in [3.05, 3.63) is 29.8 Å². The number of carbonyl (C=O) groups excluding carboxylic acids is 1. The predicted molar refractivity (Wildman–Crippen MR) is 82.8 cm³/mol. The number of carboxylic acids is 1. The van der Waals surface area contributed by atoms with Crippen molar-refractivity contribution in [1.82, 2.24) is 5.32 Å². The number of carboxylic acid groups (broad SMARTS) is 1. The Kier molecular flexibility index (Phi) is 5.81. The quantitative estimate of drug-likeness (QED) is 0.734. The number of ether oxygens (including phenoxy) is 1. The summed E-state index contributed by atoms with van der Waals surface area (Å²) in [4.78, 5) is 23.0. The van der Waals surface area contributed by atoms with E-state index in [1.165, 1.54) is 0 Å². The zero-order chi connectivity index (χ0) is 15.9. The second kappa shape index (κ2) is 7.82. The third kappa shape index (κ3) is 5.39. The number of amides is 1. The molecule has 0 radical (unpaired) electrons. The molecule has 0 saturated heterocycles. The zero-order valence-electron chi connectivity index (χ0n) is 12.9. The third-order valence-electron chi connectivity index (χ3n) is 3.93. The van der Waals surface area contributed by atoms with Gasteiger partial charge in [0.2, 0.25) is 5.91 Å². The molecule has 1 fully saturated rings. The fraction of sp³-hybridized carbons (Fsp3) is 0.529. The summed E-state index contributed by atoms with van der Waals surface area (Å²) in [5.74, 6) is 0.170. The fourth-order valence-electron chi connectivity index (χ4n) is 2.42. The molecule has 1 aliphatic carbocycles. The molecule has 2 N–H and O–H groups in total. The molecule has 5 heteroatoms. The van der Waals surface area contributed by atoms with Crippen molar-refractivity contribution in [2.75, 3.05) is 7.11 Å². The van der Waals surface area contributed by atoms with E-state index in [9.17, 15) is 9.59 Å². The molecular formula is C17H23NO4. The standard InChI is InChI=1S/C17H23NO4/c1-22-14-9-7-12(8-10-14)3-2-4-16(19)18-15(17(20)21)11-13-5-6-13/h7-10,13,15H,2-6,11H2,1H3,(H,18,19)(H,20,21). The lowest BCUT2D eigenvalue weighted by molar-refractivity contribution is -0.142. The number of benzene rings is 1. The van der Waals surface area contributed by atoms with Gasteiger partial charge in [0.25, 0.3) is 0 Å². The number of rotatable bonds is 9. The first-order chi connectivity index (χ1) is 10.6. The summed E-state index contributed by atoms with van der Waals surface area (Å²) in [6, 6.07) is 7.01. The molecule has 5 nitrogen and oxygen atoms in total. The predicted octanol–water partition coefficient (Wildman–Crippen LogP) is 2.39. The SMILES string of the molecule is COc1ccc(CCCC(=O)NC(CC2CC2)C(=O)O)cc1. The maximum atomic E-state index is 11.9. The Morgan fingerprint density at radius 1 is 1.32 bits per heavy atom. The number of hydrogen-bond donors (Lipinski definition) is 2. The van der Waals surface area contributed by atoms with Gasteiger partial charge in [-0.25, -0.2) is 4.79 Å². The van der Waals surface area contributed by atoms with E-state index in [1.54, 1.807) is 7.11 Å². The lowest BCUT2D eigenvalue weighted by Gasteiger charge is -2.14. The van der Waals surface area contributed by atoms with E-state index in [1.807, 2.05) is 24.3 Å². The molecule has 1 aliphatic rings. The first-order valence-electron chi connectivity index (χ1n) is 7.73. The van der Waals surface area contributed by atoms with E-state index in [2.05, 4.69) is 5.32 Å². The Morgan fingerprint density at radius 3 is 2.55 bits per heavy atom. The Hall–Kier alpha value is -2.04. The number of carbonyl (C=O) groups is 2. The lowest BCUT2D eigenvalue weighted by atomic mass is 10.1. The largest absolute Gasteiger partial charge is 0.497 e. The Bertz CT molecular complexity index is 508. The van der Waals surface area contributed by atoms with Crippen LogP contribution < -0.4 is 10.1 Å². The Labute approximate surface area is 130 Å². The topological polar surface area (TPSA) is 75.6 Å². The van der Waals surface area contributed by atoms with Crippen LogP contribution in [0.5, 0.6) is 5.75 Å². The highest BCUT2D eigenvalue weighted by molar-refractivity contribution is 5.83. The molecule has 1 aromatic carbocycles. The van der Waals surface area contributed by atoms with Crippen molar-refractivity contribution in [1.29, 1.82) is 0 Å². The molecule has 1 amide bonds. The van der Waals surface area contributed by atoms with Gasteiger partial charge in [-0.2, -0.15) is 0 Å². The average molecular weight is 305 g/mol. The average Bonchev–Trinajstić information content (AvgIpc) is 3.31. The van der Waals surface area contributed by atoms with Gasteiger partial charge in [0.1, 0.15) is 11.8 Å². The van der Waals surface area contributed by atoms with E-state index in [0.29, 0.717) is 25.2 Å². The molecule has 1 unspecified atom stereocenters. The molecule has 0 aliphatic heterocycles. The molecule has 0 heterocycles. The molecule has 0 bridgehead atoms. The highest BCUT2D eigenvalue weighted by Gasteiger charge is 2.29. The van der Waals surface area contributed by atoms with E-state index in [0.717, 1.165) is 30.6 Å². The van der Waals surface area contributed by atoms with Gasteiger partial charge in [0.15, 0.2) is 0 Å². The van der Waals surface area contributed by atoms with Crippen LogP contribution in [0.3, 0.4) is 0 Å². The Morgan fingerprint density at radius 2 is 2.00 bits per heavy atom. The van der Waals surface area contributed by atoms with Crippen molar-refractivity contribution in [3.8, 4) is 5.75 Å². The van der Waals surface area contributed by atoms with Gasteiger partial charge in [-0.1, -0.05) is 25.0 Å². The van der Waals surface area contributed by atoms with Crippen molar-refractivity contribution >= 4 is 11.9 Å². The second-order valence-electron chi connectivity index (χ2n) is 5.84. The minimum Gasteiger partial charge on any atom is -0.497 e. The van der Waals surface area contributed by atoms with Crippen LogP contribution in [0.25, 0.3) is 0 Å². The summed E-state index contributed by atoms with van der Waals surface area (Å²) in [5, 5.41) is 11.8. The maximum Gasteiger partial charge on any atom is 0.326 e. The van der Waals surface area contributed by atoms with Crippen LogP contribution in [0.15, 0.2) is 24.3 Å². The highest BCUT2D eigenvalue weighted by atomic mass is 16.5. The smallest absolute Gasteiger partial charge is 0.326 e. The highest BCUT2D eigenvalue weighted by Crippen LogP contribution is 2.33. The second-order valence-corrected chi connectivity index (χ2v) is 5.84. The van der Waals surface area contributed by atoms with Gasteiger partial charge >= 0.3 is 5.97 Å². The molecule has 0 spiro atoms. The van der Waals surface area contributed by atoms with Crippen molar-refractivity contribution < 1.29 is 19.4 Å². The van der Waals surface area contributed by atoms with Crippen molar-refractivity contribution in [2.24, 2.45) is 5.92 Å². The summed E-state index contributed by atoms with van der Waals surface area (Å²) in [6.07, 6.45) is 4.56. The van der Waals surface area contributed by atoms with Gasteiger partial charge in [-0.3, -0.25) is 4.79 Å². The van der Waals surface area contributed by atoms with Crippen LogP contribution in [0.1, 0.15) is 37.7 Å². The number of methoxy groups -OCH3 is 1. The lowest BCUT2D eigenvalue weighted by Crippen LogP contribution is -2.41. The van der Waals surface area contributed by atoms with E-state index in [-0.39, 0.29) is 5.91 Å². The monoisotopic (exact) mass is 305 g/mol. The van der Waals surface area contributed by atoms with E-state index < -0.39 is 12.0 Å². The van der Waals surface area contributed by atoms with Gasteiger partial charge in [0, 0.05) is 6.42 Å². The molecule has 22 heavy (non-hydrogen) atoms. The van der Waals surface area contributed by atoms with Crippen LogP contribution in [-0.2, 0) is 16.0 Å². The molecular weight excluding hydrogens is 282 g/mol. The molecule has 1 atom stereocenters. The van der Waals surface area contributed by atoms with Gasteiger partial charge in [-0.15, -0.1) is 0 Å². The number of aliphatic carboxylic acids is 1. The first kappa shape index (κ1) is 16.3. The van der Waals surface area contributed by atoms with Crippen LogP contribution in [0, 0.1) is 5.92 Å². The van der Waals surface area contributed by atoms with Gasteiger partial charge < -0.3 is 15.2 Å². The maximum absolute atomic E-state index is 11.9. The summed E-state index contributed by atoms with van der Waals surface area (Å²) in [7, 11) is 1.62. The van der Waals surface area contributed by atoms with Crippen molar-refractivity contribution in [2.45, 2.75) is 44.6 Å². The van der Waals surface area contributed by atoms with Crippen LogP contribution in [-0.4, -0.2) is 30.1 Å².